The van der Waals surface area contributed by atoms with Crippen LogP contribution in [0.15, 0.2) is 0 Å². The molecule has 0 aliphatic carbocycles. The zero-order chi connectivity index (χ0) is 11.3. The fraction of sp³-hybridized carbons (Fsp3) is 0.909. The lowest BCUT2D eigenvalue weighted by Gasteiger charge is -2.33. The predicted molar refractivity (Wildman–Crippen MR) is 61.0 cm³/mol. The number of nitrogens with two attached hydrogens (primary N) is 1. The second kappa shape index (κ2) is 6.08. The van der Waals surface area contributed by atoms with Crippen molar-refractivity contribution in [3.63, 3.8) is 0 Å². The molecule has 1 aliphatic heterocycles. The minimum absolute atomic E-state index is 0.0737. The zero-order valence-electron chi connectivity index (χ0n) is 9.83. The normalized spacial score (nSPS) is 25.7. The molecule has 2 atom stereocenters. The SMILES string of the molecule is CCC1CCCCCN1C(C)C(=O)NN. The highest BCUT2D eigenvalue weighted by atomic mass is 16.2. The molecule has 1 saturated heterocycles. The van der Waals surface area contributed by atoms with Gasteiger partial charge in [-0.25, -0.2) is 5.84 Å². The van der Waals surface area contributed by atoms with E-state index in [9.17, 15) is 4.79 Å². The highest BCUT2D eigenvalue weighted by Crippen LogP contribution is 2.21. The first-order chi connectivity index (χ1) is 7.20. The Morgan fingerprint density at radius 2 is 2.27 bits per heavy atom. The smallest absolute Gasteiger partial charge is 0.250 e. The number of hydrogen-bond donors (Lipinski definition) is 2. The van der Waals surface area contributed by atoms with Crippen molar-refractivity contribution in [2.24, 2.45) is 5.84 Å². The largest absolute Gasteiger partial charge is 0.293 e. The maximum atomic E-state index is 11.5. The van der Waals surface area contributed by atoms with Gasteiger partial charge in [0.25, 0.3) is 5.91 Å². The highest BCUT2D eigenvalue weighted by molar-refractivity contribution is 5.80. The molecule has 3 N–H and O–H groups in total. The van der Waals surface area contributed by atoms with Crippen LogP contribution in [-0.4, -0.2) is 29.4 Å². The second-order valence-electron chi connectivity index (χ2n) is 4.33. The van der Waals surface area contributed by atoms with E-state index in [4.69, 9.17) is 5.84 Å². The van der Waals surface area contributed by atoms with Crippen molar-refractivity contribution < 1.29 is 4.79 Å². The van der Waals surface area contributed by atoms with Crippen LogP contribution < -0.4 is 11.3 Å². The molecule has 88 valence electrons. The summed E-state index contributed by atoms with van der Waals surface area (Å²) in [6.07, 6.45) is 6.08. The molecule has 1 rings (SSSR count). The van der Waals surface area contributed by atoms with E-state index in [0.717, 1.165) is 13.0 Å². The van der Waals surface area contributed by atoms with Crippen LogP contribution >= 0.6 is 0 Å². The van der Waals surface area contributed by atoms with E-state index < -0.39 is 0 Å². The Morgan fingerprint density at radius 3 is 2.87 bits per heavy atom. The Bertz CT molecular complexity index is 208. The topological polar surface area (TPSA) is 58.4 Å². The Morgan fingerprint density at radius 1 is 1.53 bits per heavy atom. The third-order valence-corrected chi connectivity index (χ3v) is 3.41. The molecular formula is C11H23N3O. The summed E-state index contributed by atoms with van der Waals surface area (Å²) in [6.45, 7) is 5.15. The van der Waals surface area contributed by atoms with E-state index >= 15 is 0 Å². The van der Waals surface area contributed by atoms with Gasteiger partial charge in [0, 0.05) is 6.04 Å². The van der Waals surface area contributed by atoms with Gasteiger partial charge < -0.3 is 0 Å². The van der Waals surface area contributed by atoms with Gasteiger partial charge in [0.15, 0.2) is 0 Å². The molecule has 0 saturated carbocycles. The summed E-state index contributed by atoms with van der Waals surface area (Å²) in [4.78, 5) is 13.8. The maximum absolute atomic E-state index is 11.5. The summed E-state index contributed by atoms with van der Waals surface area (Å²) >= 11 is 0. The van der Waals surface area contributed by atoms with Crippen LogP contribution in [0.2, 0.25) is 0 Å². The quantitative estimate of drug-likeness (QED) is 0.418. The van der Waals surface area contributed by atoms with Crippen LogP contribution in [0.25, 0.3) is 0 Å². The predicted octanol–water partition coefficient (Wildman–Crippen LogP) is 1.02. The first-order valence-corrected chi connectivity index (χ1v) is 5.97. The number of carbonyl (C=O) groups is 1. The molecular weight excluding hydrogens is 190 g/mol. The van der Waals surface area contributed by atoms with Gasteiger partial charge in [-0.15, -0.1) is 0 Å². The zero-order valence-corrected chi connectivity index (χ0v) is 9.83. The fourth-order valence-electron chi connectivity index (χ4n) is 2.42. The molecule has 0 spiro atoms. The average Bonchev–Trinajstić information content (AvgIpc) is 2.51. The summed E-state index contributed by atoms with van der Waals surface area (Å²) in [5.74, 6) is 5.11. The molecule has 1 fully saturated rings. The van der Waals surface area contributed by atoms with Gasteiger partial charge in [-0.3, -0.25) is 15.1 Å². The fourth-order valence-corrected chi connectivity index (χ4v) is 2.42. The van der Waals surface area contributed by atoms with Gasteiger partial charge in [-0.05, 0) is 32.7 Å². The molecule has 15 heavy (non-hydrogen) atoms. The minimum atomic E-state index is -0.0990. The summed E-state index contributed by atoms with van der Waals surface area (Å²) < 4.78 is 0. The Hall–Kier alpha value is -0.610. The molecule has 0 aromatic rings. The number of hydrazine groups is 1. The lowest BCUT2D eigenvalue weighted by molar-refractivity contribution is -0.126. The third-order valence-electron chi connectivity index (χ3n) is 3.41. The molecule has 2 unspecified atom stereocenters. The molecule has 4 nitrogen and oxygen atoms in total. The number of likely N-dealkylation sites (tertiary alicyclic amines) is 1. The number of nitrogens with one attached hydrogen (secondary N) is 1. The van der Waals surface area contributed by atoms with E-state index in [1.165, 1.54) is 25.7 Å². The monoisotopic (exact) mass is 213 g/mol. The lowest BCUT2D eigenvalue weighted by Crippen LogP contribution is -2.51. The Balaban J connectivity index is 2.65. The molecule has 1 aliphatic rings. The molecule has 1 amide bonds. The summed E-state index contributed by atoms with van der Waals surface area (Å²) in [5, 5.41) is 0. The molecule has 1 heterocycles. The van der Waals surface area contributed by atoms with Crippen LogP contribution in [0.3, 0.4) is 0 Å². The number of hydrogen-bond acceptors (Lipinski definition) is 3. The van der Waals surface area contributed by atoms with Crippen molar-refractivity contribution in [3.8, 4) is 0 Å². The van der Waals surface area contributed by atoms with E-state index in [2.05, 4.69) is 17.2 Å². The van der Waals surface area contributed by atoms with Gasteiger partial charge in [0.05, 0.1) is 6.04 Å². The van der Waals surface area contributed by atoms with Crippen molar-refractivity contribution in [3.05, 3.63) is 0 Å². The lowest BCUT2D eigenvalue weighted by atomic mass is 10.1. The first kappa shape index (κ1) is 12.5. The van der Waals surface area contributed by atoms with Gasteiger partial charge in [0.1, 0.15) is 0 Å². The molecule has 0 bridgehead atoms. The van der Waals surface area contributed by atoms with Crippen LogP contribution in [0.1, 0.15) is 46.0 Å². The van der Waals surface area contributed by atoms with E-state index in [0.29, 0.717) is 6.04 Å². The molecule has 0 aromatic heterocycles. The minimum Gasteiger partial charge on any atom is -0.293 e. The summed E-state index contributed by atoms with van der Waals surface area (Å²) in [7, 11) is 0. The maximum Gasteiger partial charge on any atom is 0.250 e. The molecule has 0 radical (unpaired) electrons. The standard InChI is InChI=1S/C11H23N3O/c1-3-10-7-5-4-6-8-14(10)9(2)11(15)13-12/h9-10H,3-8,12H2,1-2H3,(H,13,15). The van der Waals surface area contributed by atoms with Gasteiger partial charge in [0.2, 0.25) is 0 Å². The van der Waals surface area contributed by atoms with Crippen LogP contribution in [0.4, 0.5) is 0 Å². The Labute approximate surface area is 92.2 Å². The second-order valence-corrected chi connectivity index (χ2v) is 4.33. The van der Waals surface area contributed by atoms with Gasteiger partial charge in [-0.1, -0.05) is 19.8 Å². The van der Waals surface area contributed by atoms with Crippen LogP contribution in [-0.2, 0) is 4.79 Å². The van der Waals surface area contributed by atoms with Crippen LogP contribution in [0.5, 0.6) is 0 Å². The van der Waals surface area contributed by atoms with Gasteiger partial charge in [-0.2, -0.15) is 0 Å². The molecule has 4 heteroatoms. The number of carbonyl (C=O) groups excluding carboxylic acids is 1. The van der Waals surface area contributed by atoms with Crippen molar-refractivity contribution in [2.45, 2.75) is 58.0 Å². The van der Waals surface area contributed by atoms with E-state index in [1.54, 1.807) is 0 Å². The summed E-state index contributed by atoms with van der Waals surface area (Å²) in [6, 6.07) is 0.442. The van der Waals surface area contributed by atoms with Crippen molar-refractivity contribution in [1.29, 1.82) is 0 Å². The van der Waals surface area contributed by atoms with Crippen molar-refractivity contribution in [1.82, 2.24) is 10.3 Å². The Kier molecular flexibility index (Phi) is 5.05. The first-order valence-electron chi connectivity index (χ1n) is 5.97. The van der Waals surface area contributed by atoms with Gasteiger partial charge >= 0.3 is 0 Å². The highest BCUT2D eigenvalue weighted by Gasteiger charge is 2.27. The summed E-state index contributed by atoms with van der Waals surface area (Å²) in [5.41, 5.74) is 2.25. The van der Waals surface area contributed by atoms with E-state index in [1.807, 2.05) is 6.92 Å². The number of rotatable bonds is 3. The number of amides is 1. The van der Waals surface area contributed by atoms with E-state index in [-0.39, 0.29) is 11.9 Å². The average molecular weight is 213 g/mol. The van der Waals surface area contributed by atoms with Crippen LogP contribution in [0, 0.1) is 0 Å². The van der Waals surface area contributed by atoms with Crippen molar-refractivity contribution in [2.75, 3.05) is 6.54 Å². The third kappa shape index (κ3) is 3.18. The molecule has 0 aromatic carbocycles. The number of nitrogens with zero attached hydrogens (tertiary/aromatic N) is 1. The van der Waals surface area contributed by atoms with Crippen molar-refractivity contribution >= 4 is 5.91 Å².